The Bertz CT molecular complexity index is 509. The number of halogens is 2. The molecule has 0 aliphatic rings. The fraction of sp³-hybridized carbons (Fsp3) is 0.0833. The van der Waals surface area contributed by atoms with Crippen molar-refractivity contribution in [2.24, 2.45) is 0 Å². The van der Waals surface area contributed by atoms with Gasteiger partial charge in [0.2, 0.25) is 5.88 Å². The number of nitrogens with two attached hydrogens (primary N) is 1. The van der Waals surface area contributed by atoms with Crippen LogP contribution in [0.3, 0.4) is 0 Å². The highest BCUT2D eigenvalue weighted by molar-refractivity contribution is 9.11. The summed E-state index contributed by atoms with van der Waals surface area (Å²) >= 11 is 6.80. The van der Waals surface area contributed by atoms with E-state index in [-0.39, 0.29) is 0 Å². The monoisotopic (exact) mass is 356 g/mol. The molecule has 0 fully saturated rings. The summed E-state index contributed by atoms with van der Waals surface area (Å²) in [6, 6.07) is 7.47. The summed E-state index contributed by atoms with van der Waals surface area (Å²) in [6.07, 6.45) is 1.72. The maximum absolute atomic E-state index is 5.84. The average molecular weight is 358 g/mol. The first-order valence-corrected chi connectivity index (χ1v) is 6.50. The zero-order chi connectivity index (χ0) is 12.4. The molecule has 0 saturated carbocycles. The molecule has 17 heavy (non-hydrogen) atoms. The van der Waals surface area contributed by atoms with Gasteiger partial charge >= 0.3 is 0 Å². The third-order valence-corrected chi connectivity index (χ3v) is 3.23. The number of nitrogen functional groups attached to an aromatic ring is 1. The van der Waals surface area contributed by atoms with Crippen LogP contribution < -0.4 is 10.5 Å². The summed E-state index contributed by atoms with van der Waals surface area (Å²) in [5.41, 5.74) is 7.37. The van der Waals surface area contributed by atoms with E-state index in [1.54, 1.807) is 6.20 Å². The largest absolute Gasteiger partial charge is 0.436 e. The minimum absolute atomic E-state index is 0.415. The second-order valence-electron chi connectivity index (χ2n) is 3.58. The fourth-order valence-electron chi connectivity index (χ4n) is 1.33. The van der Waals surface area contributed by atoms with Crippen LogP contribution in [0.15, 0.2) is 39.4 Å². The first kappa shape index (κ1) is 12.4. The lowest BCUT2D eigenvalue weighted by atomic mass is 10.3. The van der Waals surface area contributed by atoms with E-state index in [4.69, 9.17) is 10.5 Å². The smallest absolute Gasteiger partial charge is 0.242 e. The maximum Gasteiger partial charge on any atom is 0.242 e. The molecule has 1 heterocycles. The maximum atomic E-state index is 5.84. The predicted octanol–water partition coefficient (Wildman–Crippen LogP) is 4.29. The van der Waals surface area contributed by atoms with Gasteiger partial charge in [-0.05, 0) is 52.7 Å². The minimum Gasteiger partial charge on any atom is -0.436 e. The number of aryl methyl sites for hydroxylation is 1. The molecule has 0 atom stereocenters. The number of anilines is 1. The lowest BCUT2D eigenvalue weighted by Crippen LogP contribution is -1.96. The van der Waals surface area contributed by atoms with Crippen LogP contribution in [0.4, 0.5) is 5.69 Å². The SMILES string of the molecule is Cc1cnc(Oc2ccc(Br)cc2Br)c(N)c1. The van der Waals surface area contributed by atoms with Crippen LogP contribution in [0.25, 0.3) is 0 Å². The molecule has 2 N–H and O–H groups in total. The second kappa shape index (κ2) is 5.06. The molecule has 2 rings (SSSR count). The lowest BCUT2D eigenvalue weighted by Gasteiger charge is -2.09. The minimum atomic E-state index is 0.415. The fourth-order valence-corrected chi connectivity index (χ4v) is 2.45. The van der Waals surface area contributed by atoms with Gasteiger partial charge < -0.3 is 10.5 Å². The van der Waals surface area contributed by atoms with Crippen molar-refractivity contribution in [2.45, 2.75) is 6.92 Å². The lowest BCUT2D eigenvalue weighted by molar-refractivity contribution is 0.462. The molecule has 5 heteroatoms. The molecule has 3 nitrogen and oxygen atoms in total. The topological polar surface area (TPSA) is 48.1 Å². The van der Waals surface area contributed by atoms with E-state index < -0.39 is 0 Å². The second-order valence-corrected chi connectivity index (χ2v) is 5.35. The number of hydrogen-bond donors (Lipinski definition) is 1. The van der Waals surface area contributed by atoms with Crippen molar-refractivity contribution < 1.29 is 4.74 Å². The summed E-state index contributed by atoms with van der Waals surface area (Å²) in [4.78, 5) is 4.16. The number of pyridine rings is 1. The number of benzene rings is 1. The molecule has 0 aliphatic heterocycles. The quantitative estimate of drug-likeness (QED) is 0.872. The van der Waals surface area contributed by atoms with Gasteiger partial charge in [0, 0.05) is 10.7 Å². The summed E-state index contributed by atoms with van der Waals surface area (Å²) in [5, 5.41) is 0. The Kier molecular flexibility index (Phi) is 3.69. The third-order valence-electron chi connectivity index (χ3n) is 2.12. The van der Waals surface area contributed by atoms with Gasteiger partial charge in [-0.3, -0.25) is 0 Å². The highest BCUT2D eigenvalue weighted by atomic mass is 79.9. The molecule has 2 aromatic rings. The molecule has 1 aromatic heterocycles. The van der Waals surface area contributed by atoms with E-state index >= 15 is 0 Å². The van der Waals surface area contributed by atoms with Gasteiger partial charge in [-0.25, -0.2) is 4.98 Å². The average Bonchev–Trinajstić information content (AvgIpc) is 2.25. The summed E-state index contributed by atoms with van der Waals surface area (Å²) < 4.78 is 7.46. The summed E-state index contributed by atoms with van der Waals surface area (Å²) in [7, 11) is 0. The van der Waals surface area contributed by atoms with Gasteiger partial charge in [-0.15, -0.1) is 0 Å². The number of nitrogens with zero attached hydrogens (tertiary/aromatic N) is 1. The molecule has 0 aliphatic carbocycles. The number of hydrogen-bond acceptors (Lipinski definition) is 3. The molecule has 0 unspecified atom stereocenters. The molecule has 88 valence electrons. The number of ether oxygens (including phenoxy) is 1. The molecule has 1 aromatic carbocycles. The normalized spacial score (nSPS) is 10.3. The van der Waals surface area contributed by atoms with Gasteiger partial charge in [0.25, 0.3) is 0 Å². The highest BCUT2D eigenvalue weighted by Gasteiger charge is 2.07. The van der Waals surface area contributed by atoms with Crippen LogP contribution in [0.1, 0.15) is 5.56 Å². The van der Waals surface area contributed by atoms with Crippen molar-refractivity contribution in [2.75, 3.05) is 5.73 Å². The first-order chi connectivity index (χ1) is 8.06. The standard InChI is InChI=1S/C12H10Br2N2O/c1-7-4-10(15)12(16-6-7)17-11-3-2-8(13)5-9(11)14/h2-6H,15H2,1H3. The van der Waals surface area contributed by atoms with Crippen LogP contribution in [0.5, 0.6) is 11.6 Å². The molecule has 0 bridgehead atoms. The molecule has 0 saturated heterocycles. The van der Waals surface area contributed by atoms with E-state index in [0.717, 1.165) is 14.5 Å². The van der Waals surface area contributed by atoms with Crippen molar-refractivity contribution in [3.05, 3.63) is 45.0 Å². The van der Waals surface area contributed by atoms with Gasteiger partial charge in [0.05, 0.1) is 10.2 Å². The summed E-state index contributed by atoms with van der Waals surface area (Å²) in [6.45, 7) is 1.93. The van der Waals surface area contributed by atoms with Crippen molar-refractivity contribution in [1.29, 1.82) is 0 Å². The van der Waals surface area contributed by atoms with Crippen LogP contribution >= 0.6 is 31.9 Å². The molecular weight excluding hydrogens is 348 g/mol. The zero-order valence-corrected chi connectivity index (χ0v) is 12.2. The summed E-state index contributed by atoms with van der Waals surface area (Å²) in [5.74, 6) is 1.09. The van der Waals surface area contributed by atoms with Gasteiger partial charge in [-0.1, -0.05) is 15.9 Å². The molecule has 0 amide bonds. The zero-order valence-electron chi connectivity index (χ0n) is 9.08. The van der Waals surface area contributed by atoms with Gasteiger partial charge in [0.15, 0.2) is 0 Å². The van der Waals surface area contributed by atoms with Crippen molar-refractivity contribution in [3.8, 4) is 11.6 Å². The van der Waals surface area contributed by atoms with Crippen LogP contribution in [-0.2, 0) is 0 Å². The van der Waals surface area contributed by atoms with E-state index in [0.29, 0.717) is 17.3 Å². The van der Waals surface area contributed by atoms with Crippen LogP contribution in [0, 0.1) is 6.92 Å². The number of rotatable bonds is 2. The van der Waals surface area contributed by atoms with Crippen LogP contribution in [-0.4, -0.2) is 4.98 Å². The molecular formula is C12H10Br2N2O. The Morgan fingerprint density at radius 3 is 2.65 bits per heavy atom. The Morgan fingerprint density at radius 1 is 1.24 bits per heavy atom. The van der Waals surface area contributed by atoms with Crippen molar-refractivity contribution in [1.82, 2.24) is 4.98 Å². The third kappa shape index (κ3) is 2.98. The van der Waals surface area contributed by atoms with E-state index in [9.17, 15) is 0 Å². The van der Waals surface area contributed by atoms with Gasteiger partial charge in [0.1, 0.15) is 5.75 Å². The van der Waals surface area contributed by atoms with E-state index in [2.05, 4.69) is 36.8 Å². The molecule has 0 spiro atoms. The highest BCUT2D eigenvalue weighted by Crippen LogP contribution is 2.33. The van der Waals surface area contributed by atoms with E-state index in [1.807, 2.05) is 31.2 Å². The van der Waals surface area contributed by atoms with Crippen molar-refractivity contribution in [3.63, 3.8) is 0 Å². The predicted molar refractivity (Wildman–Crippen MR) is 75.3 cm³/mol. The van der Waals surface area contributed by atoms with E-state index in [1.165, 1.54) is 0 Å². The first-order valence-electron chi connectivity index (χ1n) is 4.91. The Balaban J connectivity index is 2.31. The van der Waals surface area contributed by atoms with Gasteiger partial charge in [-0.2, -0.15) is 0 Å². The van der Waals surface area contributed by atoms with Crippen LogP contribution in [0.2, 0.25) is 0 Å². The Morgan fingerprint density at radius 2 is 2.00 bits per heavy atom. The van der Waals surface area contributed by atoms with Crippen molar-refractivity contribution >= 4 is 37.5 Å². The molecule has 0 radical (unpaired) electrons. The Hall–Kier alpha value is -1.07. The number of aromatic nitrogens is 1. The Labute approximate surface area is 116 Å².